The van der Waals surface area contributed by atoms with Crippen molar-refractivity contribution in [3.05, 3.63) is 46.3 Å². The molecule has 0 unspecified atom stereocenters. The Morgan fingerprint density at radius 3 is 2.31 bits per heavy atom. The van der Waals surface area contributed by atoms with Crippen LogP contribution in [0.4, 0.5) is 5.69 Å². The van der Waals surface area contributed by atoms with Gasteiger partial charge < -0.3 is 14.8 Å². The summed E-state index contributed by atoms with van der Waals surface area (Å²) in [5.74, 6) is 0.596. The summed E-state index contributed by atoms with van der Waals surface area (Å²) in [6.07, 6.45) is 0.704. The second-order valence-corrected chi connectivity index (χ2v) is 6.66. The molecule has 0 saturated heterocycles. The zero-order valence-corrected chi connectivity index (χ0v) is 15.7. The highest BCUT2D eigenvalue weighted by Gasteiger charge is 2.39. The van der Waals surface area contributed by atoms with Crippen molar-refractivity contribution in [1.29, 1.82) is 0 Å². The molecule has 0 atom stereocenters. The fraction of sp³-hybridized carbons (Fsp3) is 0.263. The summed E-state index contributed by atoms with van der Waals surface area (Å²) in [5, 5.41) is 5.00. The number of carbonyl (C=O) groups is 2. The molecule has 1 aliphatic heterocycles. The van der Waals surface area contributed by atoms with Crippen LogP contribution in [-0.4, -0.2) is 37.5 Å². The van der Waals surface area contributed by atoms with Gasteiger partial charge in [-0.15, -0.1) is 11.3 Å². The SMILES string of the molecule is CCCN1C(=O)C(Nc2cc(OC)cc(OC)c2)=C(c2cccs2)C1=O. The van der Waals surface area contributed by atoms with Gasteiger partial charge >= 0.3 is 0 Å². The number of ether oxygens (including phenoxy) is 2. The summed E-state index contributed by atoms with van der Waals surface area (Å²) >= 11 is 1.43. The number of benzene rings is 1. The number of hydrogen-bond acceptors (Lipinski definition) is 6. The molecule has 1 aliphatic rings. The maximum absolute atomic E-state index is 12.9. The summed E-state index contributed by atoms with van der Waals surface area (Å²) in [7, 11) is 3.12. The molecule has 0 bridgehead atoms. The Morgan fingerprint density at radius 2 is 1.77 bits per heavy atom. The zero-order valence-electron chi connectivity index (χ0n) is 14.9. The molecule has 0 aliphatic carbocycles. The van der Waals surface area contributed by atoms with Gasteiger partial charge in [0.25, 0.3) is 11.8 Å². The van der Waals surface area contributed by atoms with Crippen LogP contribution in [-0.2, 0) is 9.59 Å². The van der Waals surface area contributed by atoms with Gasteiger partial charge in [0, 0.05) is 35.3 Å². The summed E-state index contributed by atoms with van der Waals surface area (Å²) in [4.78, 5) is 27.7. The standard InChI is InChI=1S/C19H20N2O4S/c1-4-7-21-18(22)16(15-6-5-8-26-15)17(19(21)23)20-12-9-13(24-2)11-14(10-12)25-3/h5-6,8-11,20H,4,7H2,1-3H3. The summed E-state index contributed by atoms with van der Waals surface area (Å²) in [6, 6.07) is 8.95. The third-order valence-corrected chi connectivity index (χ3v) is 4.89. The van der Waals surface area contributed by atoms with E-state index in [1.165, 1.54) is 16.2 Å². The molecule has 6 nitrogen and oxygen atoms in total. The van der Waals surface area contributed by atoms with E-state index >= 15 is 0 Å². The first-order chi connectivity index (χ1) is 12.6. The number of nitrogens with zero attached hydrogens (tertiary/aromatic N) is 1. The quantitative estimate of drug-likeness (QED) is 0.755. The number of carbonyl (C=O) groups excluding carboxylic acids is 2. The van der Waals surface area contributed by atoms with Crippen molar-refractivity contribution < 1.29 is 19.1 Å². The molecule has 0 spiro atoms. The first-order valence-electron chi connectivity index (χ1n) is 8.23. The number of thiophene rings is 1. The topological polar surface area (TPSA) is 67.9 Å². The van der Waals surface area contributed by atoms with Gasteiger partial charge in [0.15, 0.2) is 0 Å². The Balaban J connectivity index is 2.04. The first-order valence-corrected chi connectivity index (χ1v) is 9.11. The Hall–Kier alpha value is -2.80. The van der Waals surface area contributed by atoms with Gasteiger partial charge in [0.2, 0.25) is 0 Å². The number of nitrogens with one attached hydrogen (secondary N) is 1. The smallest absolute Gasteiger partial charge is 0.278 e. The molecule has 2 amide bonds. The van der Waals surface area contributed by atoms with E-state index in [-0.39, 0.29) is 17.5 Å². The van der Waals surface area contributed by atoms with Crippen molar-refractivity contribution in [3.8, 4) is 11.5 Å². The minimum Gasteiger partial charge on any atom is -0.497 e. The molecular formula is C19H20N2O4S. The zero-order chi connectivity index (χ0) is 18.7. The van der Waals surface area contributed by atoms with E-state index in [2.05, 4.69) is 5.32 Å². The lowest BCUT2D eigenvalue weighted by Gasteiger charge is -2.14. The van der Waals surface area contributed by atoms with Gasteiger partial charge in [-0.05, 0) is 17.9 Å². The van der Waals surface area contributed by atoms with Gasteiger partial charge in [-0.3, -0.25) is 14.5 Å². The highest BCUT2D eigenvalue weighted by molar-refractivity contribution is 7.11. The van der Waals surface area contributed by atoms with E-state index < -0.39 is 0 Å². The lowest BCUT2D eigenvalue weighted by molar-refractivity contribution is -0.136. The molecular weight excluding hydrogens is 352 g/mol. The largest absolute Gasteiger partial charge is 0.497 e. The van der Waals surface area contributed by atoms with Gasteiger partial charge in [0.1, 0.15) is 17.2 Å². The number of anilines is 1. The van der Waals surface area contributed by atoms with Crippen molar-refractivity contribution in [3.63, 3.8) is 0 Å². The van der Waals surface area contributed by atoms with Gasteiger partial charge in [-0.2, -0.15) is 0 Å². The van der Waals surface area contributed by atoms with Crippen LogP contribution in [0.2, 0.25) is 0 Å². The third-order valence-electron chi connectivity index (χ3n) is 4.00. The van der Waals surface area contributed by atoms with E-state index in [9.17, 15) is 9.59 Å². The maximum Gasteiger partial charge on any atom is 0.278 e. The van der Waals surface area contributed by atoms with Crippen LogP contribution < -0.4 is 14.8 Å². The second-order valence-electron chi connectivity index (χ2n) is 5.72. The Morgan fingerprint density at radius 1 is 1.08 bits per heavy atom. The van der Waals surface area contributed by atoms with Gasteiger partial charge in [0.05, 0.1) is 19.8 Å². The predicted octanol–water partition coefficient (Wildman–Crippen LogP) is 3.37. The van der Waals surface area contributed by atoms with E-state index in [1.807, 2.05) is 24.4 Å². The van der Waals surface area contributed by atoms with Crippen LogP contribution in [0.3, 0.4) is 0 Å². The average Bonchev–Trinajstić information content (AvgIpc) is 3.25. The molecule has 1 N–H and O–H groups in total. The molecule has 26 heavy (non-hydrogen) atoms. The highest BCUT2D eigenvalue weighted by Crippen LogP contribution is 2.34. The summed E-state index contributed by atoms with van der Waals surface area (Å²) in [5.41, 5.74) is 1.30. The first kappa shape index (κ1) is 18.0. The number of methoxy groups -OCH3 is 2. The van der Waals surface area contributed by atoms with E-state index in [4.69, 9.17) is 9.47 Å². The van der Waals surface area contributed by atoms with Crippen LogP contribution in [0.15, 0.2) is 41.4 Å². The molecule has 3 rings (SSSR count). The molecule has 0 saturated carbocycles. The Labute approximate surface area is 156 Å². The molecule has 7 heteroatoms. The Kier molecular flexibility index (Phi) is 5.27. The highest BCUT2D eigenvalue weighted by atomic mass is 32.1. The average molecular weight is 372 g/mol. The number of rotatable bonds is 7. The Bertz CT molecular complexity index is 836. The van der Waals surface area contributed by atoms with Crippen molar-refractivity contribution >= 4 is 34.4 Å². The number of amides is 2. The minimum atomic E-state index is -0.318. The van der Waals surface area contributed by atoms with E-state index in [0.717, 1.165) is 4.88 Å². The summed E-state index contributed by atoms with van der Waals surface area (Å²) < 4.78 is 10.5. The van der Waals surface area contributed by atoms with Crippen molar-refractivity contribution in [2.45, 2.75) is 13.3 Å². The number of hydrogen-bond donors (Lipinski definition) is 1. The van der Waals surface area contributed by atoms with Crippen molar-refractivity contribution in [1.82, 2.24) is 4.90 Å². The molecule has 1 aromatic heterocycles. The van der Waals surface area contributed by atoms with Crippen molar-refractivity contribution in [2.24, 2.45) is 0 Å². The van der Waals surface area contributed by atoms with Crippen LogP contribution in [0.5, 0.6) is 11.5 Å². The predicted molar refractivity (Wildman–Crippen MR) is 101 cm³/mol. The minimum absolute atomic E-state index is 0.267. The van der Waals surface area contributed by atoms with E-state index in [0.29, 0.717) is 35.7 Å². The fourth-order valence-electron chi connectivity index (χ4n) is 2.79. The molecule has 0 fully saturated rings. The van der Waals surface area contributed by atoms with Gasteiger partial charge in [-0.1, -0.05) is 13.0 Å². The second kappa shape index (κ2) is 7.61. The van der Waals surface area contributed by atoms with Crippen molar-refractivity contribution in [2.75, 3.05) is 26.1 Å². The molecule has 0 radical (unpaired) electrons. The molecule has 2 aromatic rings. The molecule has 2 heterocycles. The van der Waals surface area contributed by atoms with Crippen LogP contribution in [0.1, 0.15) is 18.2 Å². The molecule has 136 valence electrons. The van der Waals surface area contributed by atoms with Crippen LogP contribution in [0.25, 0.3) is 5.57 Å². The lowest BCUT2D eigenvalue weighted by atomic mass is 10.2. The third kappa shape index (κ3) is 3.30. The monoisotopic (exact) mass is 372 g/mol. The van der Waals surface area contributed by atoms with Crippen LogP contribution >= 0.6 is 11.3 Å². The normalized spacial score (nSPS) is 14.2. The van der Waals surface area contributed by atoms with Crippen LogP contribution in [0, 0.1) is 0 Å². The number of imide groups is 1. The molecule has 1 aromatic carbocycles. The summed E-state index contributed by atoms with van der Waals surface area (Å²) in [6.45, 7) is 2.32. The maximum atomic E-state index is 12.9. The van der Waals surface area contributed by atoms with Gasteiger partial charge in [-0.25, -0.2) is 0 Å². The fourth-order valence-corrected chi connectivity index (χ4v) is 3.56. The lowest BCUT2D eigenvalue weighted by Crippen LogP contribution is -2.33. The van der Waals surface area contributed by atoms with E-state index in [1.54, 1.807) is 32.4 Å².